The van der Waals surface area contributed by atoms with Crippen LogP contribution in [-0.4, -0.2) is 29.8 Å². The molecule has 0 bridgehead atoms. The highest BCUT2D eigenvalue weighted by atomic mass is 32.2. The largest absolute Gasteiger partial charge is 0.493 e. The number of urea groups is 1. The lowest BCUT2D eigenvalue weighted by Gasteiger charge is -2.23. The van der Waals surface area contributed by atoms with E-state index in [1.807, 2.05) is 11.8 Å². The molecule has 2 aliphatic carbocycles. The van der Waals surface area contributed by atoms with Crippen LogP contribution in [0.3, 0.4) is 0 Å². The SMILES string of the molecule is O=C1NC(=O)C(C2CCCCCC(Sc3ccc(OCC4CCCCCCCCC4)cc3)CC2)N1. The van der Waals surface area contributed by atoms with E-state index in [1.54, 1.807) is 0 Å². The first-order valence-electron chi connectivity index (χ1n) is 14.2. The Morgan fingerprint density at radius 1 is 0.743 bits per heavy atom. The summed E-state index contributed by atoms with van der Waals surface area (Å²) in [6, 6.07) is 8.00. The molecule has 4 rings (SSSR count). The van der Waals surface area contributed by atoms with Crippen molar-refractivity contribution in [1.29, 1.82) is 0 Å². The van der Waals surface area contributed by atoms with Crippen molar-refractivity contribution in [3.8, 4) is 5.75 Å². The summed E-state index contributed by atoms with van der Waals surface area (Å²) < 4.78 is 6.22. The highest BCUT2D eigenvalue weighted by Gasteiger charge is 2.36. The molecule has 35 heavy (non-hydrogen) atoms. The van der Waals surface area contributed by atoms with E-state index in [1.165, 1.54) is 81.9 Å². The van der Waals surface area contributed by atoms with Crippen molar-refractivity contribution in [2.24, 2.45) is 11.8 Å². The Labute approximate surface area is 215 Å². The minimum atomic E-state index is -0.352. The molecule has 0 spiro atoms. The summed E-state index contributed by atoms with van der Waals surface area (Å²) >= 11 is 1.96. The van der Waals surface area contributed by atoms with Crippen LogP contribution in [0.2, 0.25) is 0 Å². The van der Waals surface area contributed by atoms with E-state index in [0.717, 1.165) is 38.0 Å². The molecule has 6 heteroatoms. The van der Waals surface area contributed by atoms with Gasteiger partial charge >= 0.3 is 6.03 Å². The molecule has 1 aromatic rings. The van der Waals surface area contributed by atoms with Gasteiger partial charge in [-0.05, 0) is 74.6 Å². The molecule has 194 valence electrons. The van der Waals surface area contributed by atoms with Crippen molar-refractivity contribution in [3.05, 3.63) is 24.3 Å². The van der Waals surface area contributed by atoms with Crippen molar-refractivity contribution >= 4 is 23.7 Å². The maximum absolute atomic E-state index is 12.2. The van der Waals surface area contributed by atoms with E-state index in [0.29, 0.717) is 11.2 Å². The summed E-state index contributed by atoms with van der Waals surface area (Å²) in [6.45, 7) is 0.849. The van der Waals surface area contributed by atoms with Gasteiger partial charge in [0.25, 0.3) is 5.91 Å². The maximum atomic E-state index is 12.2. The molecule has 1 saturated heterocycles. The summed E-state index contributed by atoms with van der Waals surface area (Å²) in [5, 5.41) is 5.80. The van der Waals surface area contributed by atoms with Crippen LogP contribution in [0.4, 0.5) is 4.79 Å². The van der Waals surface area contributed by atoms with E-state index >= 15 is 0 Å². The molecule has 3 atom stereocenters. The fraction of sp³-hybridized carbons (Fsp3) is 0.724. The molecule has 1 aromatic carbocycles. The van der Waals surface area contributed by atoms with Crippen molar-refractivity contribution in [1.82, 2.24) is 10.6 Å². The van der Waals surface area contributed by atoms with Crippen LogP contribution < -0.4 is 15.4 Å². The molecule has 1 heterocycles. The van der Waals surface area contributed by atoms with Crippen LogP contribution in [0.5, 0.6) is 5.75 Å². The fourth-order valence-corrected chi connectivity index (χ4v) is 7.16. The summed E-state index contributed by atoms with van der Waals surface area (Å²) in [6.07, 6.45) is 20.2. The minimum absolute atomic E-state index is 0.149. The molecule has 2 saturated carbocycles. The molecule has 3 aliphatic rings. The maximum Gasteiger partial charge on any atom is 0.322 e. The highest BCUT2D eigenvalue weighted by Crippen LogP contribution is 2.35. The number of imide groups is 1. The van der Waals surface area contributed by atoms with E-state index in [4.69, 9.17) is 4.74 Å². The van der Waals surface area contributed by atoms with Gasteiger partial charge in [-0.2, -0.15) is 0 Å². The van der Waals surface area contributed by atoms with Crippen molar-refractivity contribution in [2.45, 2.75) is 119 Å². The lowest BCUT2D eigenvalue weighted by molar-refractivity contribution is -0.121. The predicted molar refractivity (Wildman–Crippen MR) is 143 cm³/mol. The quantitative estimate of drug-likeness (QED) is 0.404. The van der Waals surface area contributed by atoms with Crippen LogP contribution in [0.1, 0.15) is 103 Å². The number of benzene rings is 1. The van der Waals surface area contributed by atoms with Crippen molar-refractivity contribution in [2.75, 3.05) is 6.61 Å². The minimum Gasteiger partial charge on any atom is -0.493 e. The van der Waals surface area contributed by atoms with Gasteiger partial charge in [-0.3, -0.25) is 10.1 Å². The molecule has 1 aliphatic heterocycles. The monoisotopic (exact) mass is 500 g/mol. The van der Waals surface area contributed by atoms with Gasteiger partial charge in [0, 0.05) is 10.1 Å². The molecule has 3 unspecified atom stereocenters. The molecule has 3 fully saturated rings. The molecular formula is C29H44N2O3S. The lowest BCUT2D eigenvalue weighted by Crippen LogP contribution is -2.37. The van der Waals surface area contributed by atoms with Crippen molar-refractivity contribution < 1.29 is 14.3 Å². The zero-order valence-corrected chi connectivity index (χ0v) is 22.1. The molecule has 2 N–H and O–H groups in total. The highest BCUT2D eigenvalue weighted by molar-refractivity contribution is 8.00. The molecule has 3 amide bonds. The first-order chi connectivity index (χ1) is 17.2. The Hall–Kier alpha value is -1.69. The van der Waals surface area contributed by atoms with E-state index < -0.39 is 0 Å². The summed E-state index contributed by atoms with van der Waals surface area (Å²) in [5.41, 5.74) is 0. The van der Waals surface area contributed by atoms with Crippen LogP contribution in [-0.2, 0) is 4.79 Å². The third kappa shape index (κ3) is 8.73. The van der Waals surface area contributed by atoms with Crippen LogP contribution in [0.25, 0.3) is 0 Å². The topological polar surface area (TPSA) is 67.4 Å². The summed E-state index contributed by atoms with van der Waals surface area (Å²) in [7, 11) is 0. The second-order valence-electron chi connectivity index (χ2n) is 10.9. The average Bonchev–Trinajstić information content (AvgIpc) is 3.25. The first kappa shape index (κ1) is 26.4. The number of thioether (sulfide) groups is 1. The molecule has 0 radical (unpaired) electrons. The van der Waals surface area contributed by atoms with Gasteiger partial charge in [-0.25, -0.2) is 4.79 Å². The van der Waals surface area contributed by atoms with Gasteiger partial charge in [0.2, 0.25) is 0 Å². The normalized spacial score (nSPS) is 27.7. The Morgan fingerprint density at radius 3 is 2.06 bits per heavy atom. The average molecular weight is 501 g/mol. The van der Waals surface area contributed by atoms with E-state index in [9.17, 15) is 9.59 Å². The van der Waals surface area contributed by atoms with Gasteiger partial charge in [0.1, 0.15) is 11.8 Å². The Balaban J connectivity index is 1.25. The van der Waals surface area contributed by atoms with Crippen molar-refractivity contribution in [3.63, 3.8) is 0 Å². The third-order valence-electron chi connectivity index (χ3n) is 8.07. The number of rotatable bonds is 6. The van der Waals surface area contributed by atoms with E-state index in [2.05, 4.69) is 34.9 Å². The number of amides is 3. The van der Waals surface area contributed by atoms with Gasteiger partial charge in [0.15, 0.2) is 0 Å². The van der Waals surface area contributed by atoms with Crippen LogP contribution in [0.15, 0.2) is 29.2 Å². The fourth-order valence-electron chi connectivity index (χ4n) is 5.94. The van der Waals surface area contributed by atoms with Gasteiger partial charge < -0.3 is 10.1 Å². The van der Waals surface area contributed by atoms with Gasteiger partial charge in [-0.1, -0.05) is 64.2 Å². The number of carbonyl (C=O) groups excluding carboxylic acids is 2. The zero-order chi connectivity index (χ0) is 24.3. The summed E-state index contributed by atoms with van der Waals surface area (Å²) in [5.74, 6) is 1.77. The predicted octanol–water partition coefficient (Wildman–Crippen LogP) is 7.24. The molecular weight excluding hydrogens is 456 g/mol. The number of ether oxygens (including phenoxy) is 1. The smallest absolute Gasteiger partial charge is 0.322 e. The first-order valence-corrected chi connectivity index (χ1v) is 15.1. The van der Waals surface area contributed by atoms with Gasteiger partial charge in [0.05, 0.1) is 6.61 Å². The third-order valence-corrected chi connectivity index (χ3v) is 9.42. The molecule has 5 nitrogen and oxygen atoms in total. The number of nitrogens with one attached hydrogen (secondary N) is 2. The van der Waals surface area contributed by atoms with E-state index in [-0.39, 0.29) is 23.9 Å². The van der Waals surface area contributed by atoms with Gasteiger partial charge in [-0.15, -0.1) is 11.8 Å². The number of hydrogen-bond donors (Lipinski definition) is 2. The summed E-state index contributed by atoms with van der Waals surface area (Å²) in [4.78, 5) is 25.1. The van der Waals surface area contributed by atoms with Crippen LogP contribution >= 0.6 is 11.8 Å². The lowest BCUT2D eigenvalue weighted by atomic mass is 9.89. The second-order valence-corrected chi connectivity index (χ2v) is 12.2. The number of hydrogen-bond acceptors (Lipinski definition) is 4. The standard InChI is InChI=1S/C29H44N2O3S/c32-28-27(30-29(33)31-28)23-13-9-6-10-14-25(18-15-23)35-26-19-16-24(17-20-26)34-21-22-11-7-4-2-1-3-5-8-12-22/h16-17,19-20,22-23,25,27H,1-15,18,21H2,(H2,30,31,32,33). The zero-order valence-electron chi connectivity index (χ0n) is 21.3. The number of carbonyl (C=O) groups is 2. The second kappa shape index (κ2) is 14.2. The Kier molecular flexibility index (Phi) is 10.7. The molecule has 0 aromatic heterocycles. The Bertz CT molecular complexity index is 790. The Morgan fingerprint density at radius 2 is 1.37 bits per heavy atom. The van der Waals surface area contributed by atoms with Crippen LogP contribution in [0, 0.1) is 11.8 Å².